The average Bonchev–Trinajstić information content (AvgIpc) is 2.59. The molecule has 0 aliphatic heterocycles. The van der Waals surface area contributed by atoms with Gasteiger partial charge in [0.05, 0.1) is 23.4 Å². The summed E-state index contributed by atoms with van der Waals surface area (Å²) in [6, 6.07) is 11.9. The first-order valence-corrected chi connectivity index (χ1v) is 7.44. The summed E-state index contributed by atoms with van der Waals surface area (Å²) in [6.07, 6.45) is -4.66. The van der Waals surface area contributed by atoms with Crippen LogP contribution in [0, 0.1) is 0 Å². The lowest BCUT2D eigenvalue weighted by Gasteiger charge is -2.12. The van der Waals surface area contributed by atoms with Crippen molar-refractivity contribution in [2.24, 2.45) is 0 Å². The Bertz CT molecular complexity index is 1190. The molecular weight excluding hydrogens is 333 g/mol. The number of ether oxygens (including phenoxy) is 1. The Morgan fingerprint density at radius 2 is 1.60 bits per heavy atom. The van der Waals surface area contributed by atoms with E-state index in [2.05, 4.69) is 0 Å². The van der Waals surface area contributed by atoms with Crippen LogP contribution in [0.3, 0.4) is 0 Å². The first-order valence-electron chi connectivity index (χ1n) is 7.44. The van der Waals surface area contributed by atoms with Crippen LogP contribution in [0.5, 0.6) is 5.75 Å². The molecule has 0 unspecified atom stereocenters. The van der Waals surface area contributed by atoms with Gasteiger partial charge in [-0.05, 0) is 29.7 Å². The summed E-state index contributed by atoms with van der Waals surface area (Å²) < 4.78 is 51.0. The summed E-state index contributed by atoms with van der Waals surface area (Å²) in [5, 5.41) is 0.734. The van der Waals surface area contributed by atoms with E-state index in [-0.39, 0.29) is 16.6 Å². The Morgan fingerprint density at radius 3 is 2.32 bits per heavy atom. The summed E-state index contributed by atoms with van der Waals surface area (Å²) in [6.45, 7) is 0. The SMILES string of the molecule is COc1cccc2ccc3oc4cccc(C(F)(F)F)c4c(=O)c3c12. The van der Waals surface area contributed by atoms with E-state index in [0.717, 1.165) is 6.07 Å². The third-order valence-electron chi connectivity index (χ3n) is 4.19. The zero-order valence-electron chi connectivity index (χ0n) is 13.0. The van der Waals surface area contributed by atoms with Crippen LogP contribution >= 0.6 is 0 Å². The molecule has 0 spiro atoms. The molecular formula is C19H11F3O3. The van der Waals surface area contributed by atoms with Crippen molar-refractivity contribution < 1.29 is 22.3 Å². The van der Waals surface area contributed by atoms with E-state index in [1.165, 1.54) is 19.2 Å². The molecule has 0 saturated heterocycles. The van der Waals surface area contributed by atoms with Gasteiger partial charge in [-0.3, -0.25) is 4.79 Å². The van der Waals surface area contributed by atoms with Crippen LogP contribution in [0.15, 0.2) is 57.7 Å². The smallest absolute Gasteiger partial charge is 0.417 e. The van der Waals surface area contributed by atoms with Gasteiger partial charge in [0, 0.05) is 5.39 Å². The van der Waals surface area contributed by atoms with Crippen molar-refractivity contribution in [2.75, 3.05) is 7.11 Å². The molecule has 1 heterocycles. The summed E-state index contributed by atoms with van der Waals surface area (Å²) in [7, 11) is 1.44. The molecule has 0 aliphatic carbocycles. The molecule has 0 bridgehead atoms. The first kappa shape index (κ1) is 15.5. The van der Waals surface area contributed by atoms with Gasteiger partial charge in [-0.1, -0.05) is 24.3 Å². The number of benzene rings is 3. The highest BCUT2D eigenvalue weighted by molar-refractivity contribution is 6.11. The molecule has 0 aliphatic rings. The molecule has 0 atom stereocenters. The van der Waals surface area contributed by atoms with Crippen LogP contribution in [0.4, 0.5) is 13.2 Å². The molecule has 3 aromatic carbocycles. The predicted octanol–water partition coefficient (Wildman–Crippen LogP) is 5.13. The maximum atomic E-state index is 13.4. The van der Waals surface area contributed by atoms with E-state index in [0.29, 0.717) is 16.5 Å². The molecule has 0 radical (unpaired) electrons. The maximum absolute atomic E-state index is 13.4. The topological polar surface area (TPSA) is 39.4 Å². The molecule has 126 valence electrons. The predicted molar refractivity (Wildman–Crippen MR) is 89.1 cm³/mol. The number of halogens is 3. The van der Waals surface area contributed by atoms with Crippen LogP contribution in [-0.4, -0.2) is 7.11 Å². The Kier molecular flexibility index (Phi) is 3.25. The third kappa shape index (κ3) is 2.25. The lowest BCUT2D eigenvalue weighted by molar-refractivity contribution is -0.136. The summed E-state index contributed by atoms with van der Waals surface area (Å²) in [5.74, 6) is 0.402. The lowest BCUT2D eigenvalue weighted by Crippen LogP contribution is -2.12. The molecule has 4 aromatic rings. The van der Waals surface area contributed by atoms with Crippen LogP contribution in [-0.2, 0) is 6.18 Å². The maximum Gasteiger partial charge on any atom is 0.417 e. The average molecular weight is 344 g/mol. The normalized spacial score (nSPS) is 12.2. The van der Waals surface area contributed by atoms with E-state index in [9.17, 15) is 18.0 Å². The molecule has 25 heavy (non-hydrogen) atoms. The van der Waals surface area contributed by atoms with E-state index >= 15 is 0 Å². The van der Waals surface area contributed by atoms with Crippen LogP contribution in [0.25, 0.3) is 32.7 Å². The third-order valence-corrected chi connectivity index (χ3v) is 4.19. The van der Waals surface area contributed by atoms with Crippen molar-refractivity contribution in [1.82, 2.24) is 0 Å². The van der Waals surface area contributed by atoms with Gasteiger partial charge in [-0.15, -0.1) is 0 Å². The van der Waals surface area contributed by atoms with E-state index in [4.69, 9.17) is 9.15 Å². The van der Waals surface area contributed by atoms with Gasteiger partial charge in [0.1, 0.15) is 16.9 Å². The second-order valence-electron chi connectivity index (χ2n) is 5.60. The second kappa shape index (κ2) is 5.24. The molecule has 0 N–H and O–H groups in total. The first-order chi connectivity index (χ1) is 11.9. The van der Waals surface area contributed by atoms with Gasteiger partial charge in [0.2, 0.25) is 5.43 Å². The molecule has 6 heteroatoms. The number of hydrogen-bond acceptors (Lipinski definition) is 3. The van der Waals surface area contributed by atoms with Gasteiger partial charge in [0.15, 0.2) is 0 Å². The molecule has 0 fully saturated rings. The van der Waals surface area contributed by atoms with Crippen molar-refractivity contribution in [1.29, 1.82) is 0 Å². The van der Waals surface area contributed by atoms with E-state index in [1.807, 2.05) is 0 Å². The Labute approximate surface area is 139 Å². The van der Waals surface area contributed by atoms with Crippen molar-refractivity contribution in [2.45, 2.75) is 6.18 Å². The largest absolute Gasteiger partial charge is 0.496 e. The minimum atomic E-state index is -4.66. The Morgan fingerprint density at radius 1 is 0.880 bits per heavy atom. The number of fused-ring (bicyclic) bond motifs is 4. The molecule has 3 nitrogen and oxygen atoms in total. The minimum Gasteiger partial charge on any atom is -0.496 e. The van der Waals surface area contributed by atoms with Crippen LogP contribution < -0.4 is 10.2 Å². The summed E-state index contributed by atoms with van der Waals surface area (Å²) >= 11 is 0. The Hall–Kier alpha value is -3.02. The molecule has 0 amide bonds. The van der Waals surface area contributed by atoms with Gasteiger partial charge in [-0.25, -0.2) is 0 Å². The zero-order chi connectivity index (χ0) is 17.8. The lowest BCUT2D eigenvalue weighted by atomic mass is 10.0. The van der Waals surface area contributed by atoms with Crippen molar-refractivity contribution in [3.63, 3.8) is 0 Å². The van der Waals surface area contributed by atoms with Gasteiger partial charge in [-0.2, -0.15) is 13.2 Å². The second-order valence-corrected chi connectivity index (χ2v) is 5.60. The van der Waals surface area contributed by atoms with Crippen LogP contribution in [0.2, 0.25) is 0 Å². The van der Waals surface area contributed by atoms with Crippen molar-refractivity contribution in [3.8, 4) is 5.75 Å². The van der Waals surface area contributed by atoms with Gasteiger partial charge in [0.25, 0.3) is 0 Å². The molecule has 4 rings (SSSR count). The Balaban J connectivity index is 2.31. The van der Waals surface area contributed by atoms with E-state index in [1.54, 1.807) is 30.3 Å². The fourth-order valence-corrected chi connectivity index (χ4v) is 3.14. The van der Waals surface area contributed by atoms with Gasteiger partial charge >= 0.3 is 6.18 Å². The highest BCUT2D eigenvalue weighted by atomic mass is 19.4. The standard InChI is InChI=1S/C19H11F3O3/c1-24-12-6-2-4-10-8-9-14-17(15(10)12)18(23)16-11(19(20,21)22)5-3-7-13(16)25-14/h2-9H,1H3. The number of methoxy groups -OCH3 is 1. The fourth-order valence-electron chi connectivity index (χ4n) is 3.14. The fraction of sp³-hybridized carbons (Fsp3) is 0.105. The minimum absolute atomic E-state index is 0.0825. The monoisotopic (exact) mass is 344 g/mol. The van der Waals surface area contributed by atoms with Crippen LogP contribution in [0.1, 0.15) is 5.56 Å². The number of alkyl halides is 3. The van der Waals surface area contributed by atoms with Crippen molar-refractivity contribution >= 4 is 32.7 Å². The number of rotatable bonds is 1. The number of hydrogen-bond donors (Lipinski definition) is 0. The summed E-state index contributed by atoms with van der Waals surface area (Å²) in [5.41, 5.74) is -1.61. The van der Waals surface area contributed by atoms with Gasteiger partial charge < -0.3 is 9.15 Å². The zero-order valence-corrected chi connectivity index (χ0v) is 13.0. The summed E-state index contributed by atoms with van der Waals surface area (Å²) in [4.78, 5) is 13.0. The highest BCUT2D eigenvalue weighted by Crippen LogP contribution is 2.37. The molecule has 0 saturated carbocycles. The highest BCUT2D eigenvalue weighted by Gasteiger charge is 2.34. The van der Waals surface area contributed by atoms with E-state index < -0.39 is 22.6 Å². The quantitative estimate of drug-likeness (QED) is 0.355. The van der Waals surface area contributed by atoms with Crippen molar-refractivity contribution in [3.05, 3.63) is 64.3 Å². The molecule has 1 aromatic heterocycles.